The third-order valence-electron chi connectivity index (χ3n) is 4.37. The van der Waals surface area contributed by atoms with Gasteiger partial charge in [-0.25, -0.2) is 5.84 Å². The highest BCUT2D eigenvalue weighted by molar-refractivity contribution is 6.01. The van der Waals surface area contributed by atoms with E-state index in [4.69, 9.17) is 10.7 Å². The zero-order valence-corrected chi connectivity index (χ0v) is 12.1. The van der Waals surface area contributed by atoms with Gasteiger partial charge in [0.2, 0.25) is 5.91 Å². The van der Waals surface area contributed by atoms with Gasteiger partial charge in [0.25, 0.3) is 0 Å². The lowest BCUT2D eigenvalue weighted by molar-refractivity contribution is -0.126. The minimum atomic E-state index is -0.0464. The van der Waals surface area contributed by atoms with E-state index in [1.807, 2.05) is 0 Å². The fourth-order valence-corrected chi connectivity index (χ4v) is 3.10. The molecule has 0 saturated heterocycles. The quantitative estimate of drug-likeness (QED) is 0.462. The van der Waals surface area contributed by atoms with Crippen LogP contribution in [0.15, 0.2) is 17.3 Å². The number of carbonyl (C=O) groups is 1. The van der Waals surface area contributed by atoms with Crippen molar-refractivity contribution in [2.45, 2.75) is 51.4 Å². The SMILES string of the molecule is C=C1CCCCCO/N=C\1[C@H]1CC[C@H](C(=O)NN)CC1. The number of nitrogens with one attached hydrogen (secondary N) is 1. The van der Waals surface area contributed by atoms with Crippen LogP contribution in [0.1, 0.15) is 51.4 Å². The van der Waals surface area contributed by atoms with Gasteiger partial charge in [-0.15, -0.1) is 0 Å². The summed E-state index contributed by atoms with van der Waals surface area (Å²) in [7, 11) is 0. The molecule has 1 aliphatic carbocycles. The van der Waals surface area contributed by atoms with Gasteiger partial charge >= 0.3 is 0 Å². The molecule has 0 aromatic rings. The lowest BCUT2D eigenvalue weighted by Crippen LogP contribution is -2.38. The van der Waals surface area contributed by atoms with E-state index < -0.39 is 0 Å². The van der Waals surface area contributed by atoms with E-state index in [2.05, 4.69) is 17.2 Å². The van der Waals surface area contributed by atoms with E-state index >= 15 is 0 Å². The largest absolute Gasteiger partial charge is 0.396 e. The Morgan fingerprint density at radius 1 is 1.25 bits per heavy atom. The van der Waals surface area contributed by atoms with Gasteiger partial charge < -0.3 is 4.84 Å². The Morgan fingerprint density at radius 3 is 2.70 bits per heavy atom. The van der Waals surface area contributed by atoms with Crippen molar-refractivity contribution in [3.05, 3.63) is 12.2 Å². The maximum Gasteiger partial charge on any atom is 0.236 e. The summed E-state index contributed by atoms with van der Waals surface area (Å²) in [6, 6.07) is 0. The minimum Gasteiger partial charge on any atom is -0.396 e. The molecule has 0 spiro atoms. The summed E-state index contributed by atoms with van der Waals surface area (Å²) in [5.41, 5.74) is 4.39. The van der Waals surface area contributed by atoms with Crippen molar-refractivity contribution in [1.29, 1.82) is 0 Å². The highest BCUT2D eigenvalue weighted by Gasteiger charge is 2.29. The Bertz CT molecular complexity index is 385. The second kappa shape index (κ2) is 7.43. The number of hydrazine groups is 1. The molecule has 0 atom stereocenters. The van der Waals surface area contributed by atoms with E-state index in [0.29, 0.717) is 12.5 Å². The van der Waals surface area contributed by atoms with Crippen molar-refractivity contribution < 1.29 is 9.63 Å². The van der Waals surface area contributed by atoms with Crippen molar-refractivity contribution in [3.8, 4) is 0 Å². The van der Waals surface area contributed by atoms with E-state index in [-0.39, 0.29) is 11.8 Å². The Kier molecular flexibility index (Phi) is 5.59. The predicted molar refractivity (Wildman–Crippen MR) is 78.8 cm³/mol. The molecule has 1 amide bonds. The van der Waals surface area contributed by atoms with E-state index in [1.165, 1.54) is 6.42 Å². The number of rotatable bonds is 2. The Hall–Kier alpha value is -1.36. The van der Waals surface area contributed by atoms with Crippen LogP contribution in [0.3, 0.4) is 0 Å². The summed E-state index contributed by atoms with van der Waals surface area (Å²) < 4.78 is 0. The van der Waals surface area contributed by atoms with Crippen molar-refractivity contribution in [1.82, 2.24) is 5.43 Å². The summed E-state index contributed by atoms with van der Waals surface area (Å²) >= 11 is 0. The van der Waals surface area contributed by atoms with E-state index in [0.717, 1.165) is 56.2 Å². The molecule has 1 saturated carbocycles. The average molecular weight is 279 g/mol. The van der Waals surface area contributed by atoms with Crippen molar-refractivity contribution in [2.75, 3.05) is 6.61 Å². The van der Waals surface area contributed by atoms with Gasteiger partial charge in [-0.2, -0.15) is 0 Å². The number of hydrogen-bond donors (Lipinski definition) is 2. The lowest BCUT2D eigenvalue weighted by atomic mass is 9.77. The molecule has 1 aliphatic heterocycles. The molecule has 0 radical (unpaired) electrons. The molecule has 3 N–H and O–H groups in total. The number of allylic oxidation sites excluding steroid dienone is 1. The van der Waals surface area contributed by atoms with Gasteiger partial charge in [0.15, 0.2) is 0 Å². The monoisotopic (exact) mass is 279 g/mol. The molecule has 0 unspecified atom stereocenters. The zero-order valence-electron chi connectivity index (χ0n) is 12.1. The van der Waals surface area contributed by atoms with Crippen molar-refractivity contribution in [2.24, 2.45) is 22.8 Å². The molecular weight excluding hydrogens is 254 g/mol. The van der Waals surface area contributed by atoms with Crippen LogP contribution in [0, 0.1) is 11.8 Å². The van der Waals surface area contributed by atoms with Gasteiger partial charge in [0, 0.05) is 11.8 Å². The first-order valence-corrected chi connectivity index (χ1v) is 7.61. The third-order valence-corrected chi connectivity index (χ3v) is 4.37. The second-order valence-electron chi connectivity index (χ2n) is 5.78. The van der Waals surface area contributed by atoms with Crippen molar-refractivity contribution in [3.63, 3.8) is 0 Å². The zero-order chi connectivity index (χ0) is 14.4. The average Bonchev–Trinajstić information content (AvgIpc) is 2.59. The van der Waals surface area contributed by atoms with E-state index in [9.17, 15) is 4.79 Å². The first-order chi connectivity index (χ1) is 9.72. The van der Waals surface area contributed by atoms with Crippen LogP contribution in [0.4, 0.5) is 0 Å². The van der Waals surface area contributed by atoms with Crippen LogP contribution in [0.5, 0.6) is 0 Å². The molecule has 0 bridgehead atoms. The molecular formula is C15H25N3O2. The Balaban J connectivity index is 1.96. The van der Waals surface area contributed by atoms with Gasteiger partial charge in [0.1, 0.15) is 6.61 Å². The highest BCUT2D eigenvalue weighted by Crippen LogP contribution is 2.32. The Morgan fingerprint density at radius 2 is 2.00 bits per heavy atom. The van der Waals surface area contributed by atoms with Gasteiger partial charge in [-0.3, -0.25) is 10.2 Å². The van der Waals surface area contributed by atoms with E-state index in [1.54, 1.807) is 0 Å². The fourth-order valence-electron chi connectivity index (χ4n) is 3.10. The van der Waals surface area contributed by atoms with Crippen molar-refractivity contribution >= 4 is 11.6 Å². The number of nitrogens with two attached hydrogens (primary N) is 1. The normalized spacial score (nSPS) is 31.1. The van der Waals surface area contributed by atoms with Crippen LogP contribution < -0.4 is 11.3 Å². The highest BCUT2D eigenvalue weighted by atomic mass is 16.6. The molecule has 0 aromatic carbocycles. The van der Waals surface area contributed by atoms with Gasteiger partial charge in [-0.1, -0.05) is 11.7 Å². The number of hydrogen-bond acceptors (Lipinski definition) is 4. The van der Waals surface area contributed by atoms with Crippen LogP contribution in [0.2, 0.25) is 0 Å². The molecule has 5 nitrogen and oxygen atoms in total. The summed E-state index contributed by atoms with van der Waals surface area (Å²) in [6.45, 7) is 4.87. The molecule has 5 heteroatoms. The summed E-state index contributed by atoms with van der Waals surface area (Å²) in [5.74, 6) is 5.58. The van der Waals surface area contributed by atoms with Crippen LogP contribution in [0.25, 0.3) is 0 Å². The number of amides is 1. The van der Waals surface area contributed by atoms with Gasteiger partial charge in [0.05, 0.1) is 5.71 Å². The molecule has 20 heavy (non-hydrogen) atoms. The Labute approximate surface area is 120 Å². The van der Waals surface area contributed by atoms with Crippen LogP contribution >= 0.6 is 0 Å². The fraction of sp³-hybridized carbons (Fsp3) is 0.733. The molecule has 2 aliphatic rings. The number of oxime groups is 1. The number of nitrogens with zero attached hydrogens (tertiary/aromatic N) is 1. The maximum atomic E-state index is 11.6. The topological polar surface area (TPSA) is 76.7 Å². The summed E-state index contributed by atoms with van der Waals surface area (Å²) in [5, 5.41) is 4.33. The maximum absolute atomic E-state index is 11.6. The smallest absolute Gasteiger partial charge is 0.236 e. The van der Waals surface area contributed by atoms with Crippen LogP contribution in [-0.4, -0.2) is 18.2 Å². The standard InChI is InChI=1S/C15H25N3O2/c1-11-5-3-2-4-10-20-18-14(11)12-6-8-13(9-7-12)15(19)17-16/h12-13H,1-10,16H2,(H,17,19)/b18-14+/t12-,13-. The first kappa shape index (κ1) is 15.0. The summed E-state index contributed by atoms with van der Waals surface area (Å²) in [4.78, 5) is 17.0. The predicted octanol–water partition coefficient (Wildman–Crippen LogP) is 2.29. The minimum absolute atomic E-state index is 0.0439. The molecule has 1 fully saturated rings. The molecule has 1 heterocycles. The molecule has 112 valence electrons. The lowest BCUT2D eigenvalue weighted by Gasteiger charge is -2.28. The third kappa shape index (κ3) is 3.82. The summed E-state index contributed by atoms with van der Waals surface area (Å²) in [6.07, 6.45) is 8.04. The molecule has 2 rings (SSSR count). The molecule has 0 aromatic heterocycles. The van der Waals surface area contributed by atoms with Crippen LogP contribution in [-0.2, 0) is 9.63 Å². The second-order valence-corrected chi connectivity index (χ2v) is 5.78. The first-order valence-electron chi connectivity index (χ1n) is 7.61. The van der Waals surface area contributed by atoms with Gasteiger partial charge in [-0.05, 0) is 56.9 Å². The number of carbonyl (C=O) groups excluding carboxylic acids is 1.